The third-order valence-corrected chi connectivity index (χ3v) is 4.52. The van der Waals surface area contributed by atoms with Crippen LogP contribution in [0, 0.1) is 6.92 Å². The first-order valence-electron chi connectivity index (χ1n) is 8.96. The Morgan fingerprint density at radius 1 is 1.25 bits per heavy atom. The number of benzene rings is 2. The molecule has 1 aromatic heterocycles. The quantitative estimate of drug-likeness (QED) is 0.501. The molecule has 0 radical (unpaired) electrons. The lowest BCUT2D eigenvalue weighted by atomic mass is 10.2. The highest BCUT2D eigenvalue weighted by Gasteiger charge is 2.07. The lowest BCUT2D eigenvalue weighted by molar-refractivity contribution is -0.116. The van der Waals surface area contributed by atoms with E-state index in [2.05, 4.69) is 20.5 Å². The van der Waals surface area contributed by atoms with Gasteiger partial charge in [-0.3, -0.25) is 9.89 Å². The normalized spacial score (nSPS) is 10.7. The Morgan fingerprint density at radius 3 is 2.71 bits per heavy atom. The van der Waals surface area contributed by atoms with Gasteiger partial charge in [0.2, 0.25) is 5.91 Å². The Balaban J connectivity index is 1.43. The van der Waals surface area contributed by atoms with Gasteiger partial charge in [0.1, 0.15) is 11.6 Å². The summed E-state index contributed by atoms with van der Waals surface area (Å²) in [4.78, 5) is 16.4. The molecule has 0 saturated carbocycles. The van der Waals surface area contributed by atoms with Gasteiger partial charge in [-0.25, -0.2) is 4.98 Å². The number of nitrogens with zero attached hydrogens (tertiary/aromatic N) is 2. The summed E-state index contributed by atoms with van der Waals surface area (Å²) in [6.07, 6.45) is 0.986. The van der Waals surface area contributed by atoms with Crippen LogP contribution in [0.25, 0.3) is 11.4 Å². The molecule has 7 nitrogen and oxygen atoms in total. The fourth-order valence-electron chi connectivity index (χ4n) is 2.57. The van der Waals surface area contributed by atoms with Crippen molar-refractivity contribution in [3.05, 3.63) is 58.9 Å². The summed E-state index contributed by atoms with van der Waals surface area (Å²) in [7, 11) is 0. The number of halogens is 1. The number of rotatable bonds is 8. The second kappa shape index (κ2) is 9.34. The summed E-state index contributed by atoms with van der Waals surface area (Å²) < 4.78 is 5.65. The number of H-pyrrole nitrogens is 1. The molecule has 4 N–H and O–H groups in total. The van der Waals surface area contributed by atoms with Gasteiger partial charge in [0, 0.05) is 22.7 Å². The lowest BCUT2D eigenvalue weighted by Gasteiger charge is -2.08. The largest absolute Gasteiger partial charge is 0.494 e. The number of nitrogens with one attached hydrogen (secondary N) is 2. The second-order valence-electron chi connectivity index (χ2n) is 6.30. The third kappa shape index (κ3) is 5.31. The molecule has 146 valence electrons. The van der Waals surface area contributed by atoms with Crippen molar-refractivity contribution >= 4 is 23.2 Å². The zero-order valence-corrected chi connectivity index (χ0v) is 16.3. The first kappa shape index (κ1) is 19.9. The van der Waals surface area contributed by atoms with Crippen molar-refractivity contribution in [2.75, 3.05) is 11.9 Å². The van der Waals surface area contributed by atoms with Gasteiger partial charge in [0.15, 0.2) is 5.82 Å². The van der Waals surface area contributed by atoms with Crippen LogP contribution in [0.4, 0.5) is 5.69 Å². The molecule has 0 saturated heterocycles. The zero-order valence-electron chi connectivity index (χ0n) is 15.5. The van der Waals surface area contributed by atoms with Crippen LogP contribution in [0.15, 0.2) is 42.5 Å². The zero-order chi connectivity index (χ0) is 19.9. The van der Waals surface area contributed by atoms with Crippen LogP contribution in [0.2, 0.25) is 5.02 Å². The maximum atomic E-state index is 12.1. The first-order chi connectivity index (χ1) is 13.5. The number of ether oxygens (including phenoxy) is 1. The predicted octanol–water partition coefficient (Wildman–Crippen LogP) is 3.69. The number of carbonyl (C=O) groups excluding carboxylic acids is 1. The number of hydrogen-bond acceptors (Lipinski definition) is 5. The second-order valence-corrected chi connectivity index (χ2v) is 6.71. The van der Waals surface area contributed by atoms with E-state index in [0.29, 0.717) is 42.7 Å². The summed E-state index contributed by atoms with van der Waals surface area (Å²) >= 11 is 5.99. The minimum absolute atomic E-state index is 0.0630. The van der Waals surface area contributed by atoms with E-state index in [1.54, 1.807) is 6.07 Å². The number of hydrogen-bond donors (Lipinski definition) is 3. The van der Waals surface area contributed by atoms with Gasteiger partial charge in [-0.2, -0.15) is 5.10 Å². The van der Waals surface area contributed by atoms with Gasteiger partial charge in [-0.05, 0) is 61.4 Å². The number of aromatic nitrogens is 3. The monoisotopic (exact) mass is 399 g/mol. The van der Waals surface area contributed by atoms with E-state index in [4.69, 9.17) is 22.1 Å². The molecular weight excluding hydrogens is 378 g/mol. The summed E-state index contributed by atoms with van der Waals surface area (Å²) in [5.41, 5.74) is 8.05. The topological polar surface area (TPSA) is 106 Å². The molecule has 28 heavy (non-hydrogen) atoms. The van der Waals surface area contributed by atoms with Crippen molar-refractivity contribution in [1.29, 1.82) is 0 Å². The molecule has 0 aliphatic carbocycles. The summed E-state index contributed by atoms with van der Waals surface area (Å²) in [5, 5.41) is 10.5. The molecule has 3 rings (SSSR count). The van der Waals surface area contributed by atoms with Gasteiger partial charge in [-0.15, -0.1) is 0 Å². The smallest absolute Gasteiger partial charge is 0.224 e. The van der Waals surface area contributed by atoms with Crippen molar-refractivity contribution in [2.24, 2.45) is 5.73 Å². The molecule has 0 aliphatic heterocycles. The summed E-state index contributed by atoms with van der Waals surface area (Å²) in [6, 6.07) is 12.8. The fraction of sp³-hybridized carbons (Fsp3) is 0.250. The number of amides is 1. The molecule has 3 aromatic rings. The van der Waals surface area contributed by atoms with E-state index in [1.165, 1.54) is 0 Å². The van der Waals surface area contributed by atoms with Crippen molar-refractivity contribution < 1.29 is 9.53 Å². The minimum atomic E-state index is -0.0630. The third-order valence-electron chi connectivity index (χ3n) is 4.10. The summed E-state index contributed by atoms with van der Waals surface area (Å²) in [6.45, 7) is 2.69. The predicted molar refractivity (Wildman–Crippen MR) is 109 cm³/mol. The van der Waals surface area contributed by atoms with Crippen LogP contribution in [0.1, 0.15) is 24.2 Å². The number of aromatic amines is 1. The molecule has 0 fully saturated rings. The Bertz CT molecular complexity index is 940. The Kier molecular flexibility index (Phi) is 6.62. The van der Waals surface area contributed by atoms with Crippen molar-refractivity contribution in [3.8, 4) is 17.1 Å². The highest BCUT2D eigenvalue weighted by atomic mass is 35.5. The highest BCUT2D eigenvalue weighted by molar-refractivity contribution is 6.31. The lowest BCUT2D eigenvalue weighted by Crippen LogP contribution is -2.12. The maximum Gasteiger partial charge on any atom is 0.224 e. The molecule has 1 amide bonds. The fourth-order valence-corrected chi connectivity index (χ4v) is 2.69. The average molecular weight is 400 g/mol. The summed E-state index contributed by atoms with van der Waals surface area (Å²) in [5.74, 6) is 1.89. The molecule has 8 heteroatoms. The number of aryl methyl sites for hydroxylation is 1. The van der Waals surface area contributed by atoms with Gasteiger partial charge >= 0.3 is 0 Å². The molecule has 2 aromatic carbocycles. The average Bonchev–Trinajstić information content (AvgIpc) is 3.18. The van der Waals surface area contributed by atoms with Crippen LogP contribution in [0.5, 0.6) is 5.75 Å². The first-order valence-corrected chi connectivity index (χ1v) is 9.33. The van der Waals surface area contributed by atoms with E-state index in [1.807, 2.05) is 43.3 Å². The highest BCUT2D eigenvalue weighted by Crippen LogP contribution is 2.21. The number of carbonyl (C=O) groups is 1. The Morgan fingerprint density at radius 2 is 2.04 bits per heavy atom. The van der Waals surface area contributed by atoms with Crippen molar-refractivity contribution in [3.63, 3.8) is 0 Å². The molecule has 0 unspecified atom stereocenters. The number of anilines is 1. The van der Waals surface area contributed by atoms with Crippen LogP contribution in [-0.4, -0.2) is 27.7 Å². The van der Waals surface area contributed by atoms with Gasteiger partial charge < -0.3 is 15.8 Å². The SMILES string of the molecule is Cc1cc(OCCCC(=O)Nc2ccc(-c3n[nH]c(CN)n3)cc2)ccc1Cl. The molecule has 0 aliphatic rings. The van der Waals surface area contributed by atoms with Crippen molar-refractivity contribution in [2.45, 2.75) is 26.3 Å². The van der Waals surface area contributed by atoms with Gasteiger partial charge in [-0.1, -0.05) is 11.6 Å². The Labute approximate surface area is 168 Å². The molecule has 0 atom stereocenters. The van der Waals surface area contributed by atoms with E-state index in [0.717, 1.165) is 22.6 Å². The van der Waals surface area contributed by atoms with Crippen LogP contribution in [0.3, 0.4) is 0 Å². The maximum absolute atomic E-state index is 12.1. The number of nitrogens with two attached hydrogens (primary N) is 1. The van der Waals surface area contributed by atoms with Gasteiger partial charge in [0.25, 0.3) is 0 Å². The molecule has 0 bridgehead atoms. The minimum Gasteiger partial charge on any atom is -0.494 e. The van der Waals surface area contributed by atoms with Gasteiger partial charge in [0.05, 0.1) is 13.2 Å². The van der Waals surface area contributed by atoms with Crippen LogP contribution < -0.4 is 15.8 Å². The van der Waals surface area contributed by atoms with E-state index in [-0.39, 0.29) is 5.91 Å². The Hall–Kier alpha value is -2.90. The molecule has 1 heterocycles. The molecule has 0 spiro atoms. The van der Waals surface area contributed by atoms with Crippen LogP contribution >= 0.6 is 11.6 Å². The van der Waals surface area contributed by atoms with E-state index >= 15 is 0 Å². The standard InChI is InChI=1S/C20H22ClN5O2/c1-13-11-16(8-9-17(13)21)28-10-2-3-19(27)23-15-6-4-14(5-7-15)20-24-18(12-22)25-26-20/h4-9,11H,2-3,10,12,22H2,1H3,(H,23,27)(H,24,25,26). The van der Waals surface area contributed by atoms with Crippen molar-refractivity contribution in [1.82, 2.24) is 15.2 Å². The van der Waals surface area contributed by atoms with E-state index < -0.39 is 0 Å². The van der Waals surface area contributed by atoms with Crippen LogP contribution in [-0.2, 0) is 11.3 Å². The van der Waals surface area contributed by atoms with E-state index in [9.17, 15) is 4.79 Å². The molecular formula is C20H22ClN5O2.